The molecule has 0 bridgehead atoms. The molecule has 0 aliphatic carbocycles. The maximum atomic E-state index is 13.1. The fraction of sp³-hybridized carbons (Fsp3) is 0.250. The Bertz CT molecular complexity index is 671. The second kappa shape index (κ2) is 6.26. The molecule has 0 aromatic heterocycles. The molecule has 0 saturated heterocycles. The van der Waals surface area contributed by atoms with Gasteiger partial charge in [0.15, 0.2) is 0 Å². The number of benzene rings is 2. The van der Waals surface area contributed by atoms with E-state index in [1.165, 1.54) is 38.4 Å². The van der Waals surface area contributed by atoms with E-state index in [1.54, 1.807) is 0 Å². The fourth-order valence-electron chi connectivity index (χ4n) is 2.35. The summed E-state index contributed by atoms with van der Waals surface area (Å²) in [6.45, 7) is 0. The van der Waals surface area contributed by atoms with E-state index in [0.29, 0.717) is 0 Å². The van der Waals surface area contributed by atoms with Crippen molar-refractivity contribution in [2.75, 3.05) is 24.7 Å². The number of hydrogen-bond acceptors (Lipinski definition) is 2. The van der Waals surface area contributed by atoms with Crippen molar-refractivity contribution in [1.29, 1.82) is 0 Å². The van der Waals surface area contributed by atoms with E-state index in [-0.39, 0.29) is 22.5 Å². The fourth-order valence-corrected chi connectivity index (χ4v) is 2.35. The molecule has 8 heteroatoms. The van der Waals surface area contributed by atoms with Crippen LogP contribution in [0.4, 0.5) is 37.7 Å². The zero-order valence-electron chi connectivity index (χ0n) is 12.7. The van der Waals surface area contributed by atoms with Gasteiger partial charge in [0.05, 0.1) is 11.1 Å². The van der Waals surface area contributed by atoms with E-state index in [1.807, 2.05) is 0 Å². The van der Waals surface area contributed by atoms with Gasteiger partial charge in [-0.15, -0.1) is 0 Å². The summed E-state index contributed by atoms with van der Waals surface area (Å²) >= 11 is 0. The largest absolute Gasteiger partial charge is 0.418 e. The predicted molar refractivity (Wildman–Crippen MR) is 81.0 cm³/mol. The summed E-state index contributed by atoms with van der Waals surface area (Å²) in [5, 5.41) is 4.85. The molecule has 2 aromatic rings. The molecule has 0 fully saturated rings. The van der Waals surface area contributed by atoms with E-state index >= 15 is 0 Å². The van der Waals surface area contributed by atoms with Crippen LogP contribution in [0.25, 0.3) is 11.1 Å². The van der Waals surface area contributed by atoms with E-state index in [0.717, 1.165) is 12.1 Å². The summed E-state index contributed by atoms with van der Waals surface area (Å²) in [6, 6.07) is 6.74. The van der Waals surface area contributed by atoms with Gasteiger partial charge in [0.1, 0.15) is 0 Å². The lowest BCUT2D eigenvalue weighted by Gasteiger charge is -2.16. The summed E-state index contributed by atoms with van der Waals surface area (Å²) < 4.78 is 78.5. The van der Waals surface area contributed by atoms with E-state index < -0.39 is 23.5 Å². The van der Waals surface area contributed by atoms with Crippen molar-refractivity contribution in [2.24, 2.45) is 0 Å². The lowest BCUT2D eigenvalue weighted by Crippen LogP contribution is -2.10. The van der Waals surface area contributed by atoms with Gasteiger partial charge < -0.3 is 10.6 Å². The van der Waals surface area contributed by atoms with Gasteiger partial charge in [0.2, 0.25) is 0 Å². The number of nitrogens with one attached hydrogen (secondary N) is 2. The Morgan fingerprint density at radius 3 is 1.21 bits per heavy atom. The molecule has 0 atom stereocenters. The van der Waals surface area contributed by atoms with Gasteiger partial charge in [-0.25, -0.2) is 0 Å². The summed E-state index contributed by atoms with van der Waals surface area (Å²) in [4.78, 5) is 0. The third-order valence-corrected chi connectivity index (χ3v) is 3.52. The second-order valence-corrected chi connectivity index (χ2v) is 5.02. The number of anilines is 2. The molecule has 0 spiro atoms. The molecule has 130 valence electrons. The zero-order chi connectivity index (χ0) is 18.1. The second-order valence-electron chi connectivity index (χ2n) is 5.02. The number of hydrogen-bond donors (Lipinski definition) is 2. The van der Waals surface area contributed by atoms with Crippen LogP contribution in [-0.4, -0.2) is 14.1 Å². The summed E-state index contributed by atoms with van der Waals surface area (Å²) in [5.41, 5.74) is -2.06. The number of alkyl halides is 6. The van der Waals surface area contributed by atoms with Crippen molar-refractivity contribution in [3.05, 3.63) is 47.5 Å². The van der Waals surface area contributed by atoms with Crippen molar-refractivity contribution >= 4 is 11.4 Å². The molecule has 0 unspecified atom stereocenters. The highest BCUT2D eigenvalue weighted by Gasteiger charge is 2.35. The minimum atomic E-state index is -4.62. The molecular weight excluding hydrogens is 334 g/mol. The Kier molecular flexibility index (Phi) is 4.68. The molecule has 0 heterocycles. The molecule has 2 rings (SSSR count). The molecular formula is C16H14F6N2. The summed E-state index contributed by atoms with van der Waals surface area (Å²) in [6.07, 6.45) is -9.24. The average Bonchev–Trinajstić information content (AvgIpc) is 2.52. The summed E-state index contributed by atoms with van der Waals surface area (Å²) in [5.74, 6) is 0. The third-order valence-electron chi connectivity index (χ3n) is 3.52. The van der Waals surface area contributed by atoms with Crippen molar-refractivity contribution in [1.82, 2.24) is 0 Å². The van der Waals surface area contributed by atoms with E-state index in [2.05, 4.69) is 10.6 Å². The van der Waals surface area contributed by atoms with Crippen LogP contribution in [0.1, 0.15) is 11.1 Å². The van der Waals surface area contributed by atoms with Gasteiger partial charge in [-0.3, -0.25) is 0 Å². The molecule has 2 aromatic carbocycles. The van der Waals surface area contributed by atoms with Crippen LogP contribution in [-0.2, 0) is 12.4 Å². The monoisotopic (exact) mass is 348 g/mol. The van der Waals surface area contributed by atoms with Gasteiger partial charge in [0.25, 0.3) is 0 Å². The minimum absolute atomic E-state index is 0.0504. The van der Waals surface area contributed by atoms with Crippen molar-refractivity contribution in [3.8, 4) is 11.1 Å². The van der Waals surface area contributed by atoms with Crippen LogP contribution < -0.4 is 10.6 Å². The molecule has 2 N–H and O–H groups in total. The molecule has 2 nitrogen and oxygen atoms in total. The molecule has 24 heavy (non-hydrogen) atoms. The molecule has 0 aliphatic rings. The Labute approximate surface area is 134 Å². The van der Waals surface area contributed by atoms with Crippen LogP contribution in [0.2, 0.25) is 0 Å². The Morgan fingerprint density at radius 2 is 0.958 bits per heavy atom. The van der Waals surface area contributed by atoms with Crippen LogP contribution in [0, 0.1) is 0 Å². The quantitative estimate of drug-likeness (QED) is 0.718. The average molecular weight is 348 g/mol. The van der Waals surface area contributed by atoms with E-state index in [4.69, 9.17) is 0 Å². The van der Waals surface area contributed by atoms with E-state index in [9.17, 15) is 26.3 Å². The Balaban J connectivity index is 2.61. The first-order chi connectivity index (χ1) is 11.1. The van der Waals surface area contributed by atoms with Crippen molar-refractivity contribution in [2.45, 2.75) is 12.4 Å². The predicted octanol–water partition coefficient (Wildman–Crippen LogP) is 5.47. The van der Waals surface area contributed by atoms with Gasteiger partial charge in [0, 0.05) is 25.5 Å². The first kappa shape index (κ1) is 18.0. The number of rotatable bonds is 3. The highest BCUT2D eigenvalue weighted by molar-refractivity contribution is 5.72. The maximum Gasteiger partial charge on any atom is 0.418 e. The van der Waals surface area contributed by atoms with Crippen LogP contribution in [0.3, 0.4) is 0 Å². The third kappa shape index (κ3) is 3.58. The van der Waals surface area contributed by atoms with Crippen LogP contribution >= 0.6 is 0 Å². The molecule has 0 radical (unpaired) electrons. The smallest absolute Gasteiger partial charge is 0.388 e. The Hall–Kier alpha value is -2.38. The van der Waals surface area contributed by atoms with Gasteiger partial charge in [-0.1, -0.05) is 12.1 Å². The Morgan fingerprint density at radius 1 is 0.625 bits per heavy atom. The van der Waals surface area contributed by atoms with Crippen molar-refractivity contribution in [3.63, 3.8) is 0 Å². The van der Waals surface area contributed by atoms with Gasteiger partial charge in [-0.2, -0.15) is 26.3 Å². The summed E-state index contributed by atoms with van der Waals surface area (Å²) in [7, 11) is 2.68. The lowest BCUT2D eigenvalue weighted by atomic mass is 9.98. The highest BCUT2D eigenvalue weighted by atomic mass is 19.4. The highest BCUT2D eigenvalue weighted by Crippen LogP contribution is 2.40. The van der Waals surface area contributed by atoms with Crippen LogP contribution in [0.5, 0.6) is 0 Å². The maximum absolute atomic E-state index is 13.1. The molecule has 0 saturated carbocycles. The first-order valence-corrected chi connectivity index (χ1v) is 6.86. The topological polar surface area (TPSA) is 24.1 Å². The van der Waals surface area contributed by atoms with Gasteiger partial charge in [-0.05, 0) is 35.4 Å². The first-order valence-electron chi connectivity index (χ1n) is 6.86. The SMILES string of the molecule is CNc1ccc(-c2ccc(NC)c(C(F)(F)F)c2)cc1C(F)(F)F. The lowest BCUT2D eigenvalue weighted by molar-refractivity contribution is -0.137. The number of halogens is 6. The van der Waals surface area contributed by atoms with Crippen molar-refractivity contribution < 1.29 is 26.3 Å². The minimum Gasteiger partial charge on any atom is -0.388 e. The van der Waals surface area contributed by atoms with Gasteiger partial charge >= 0.3 is 12.4 Å². The molecule has 0 amide bonds. The zero-order valence-corrected chi connectivity index (χ0v) is 12.7. The van der Waals surface area contributed by atoms with Crippen LogP contribution in [0.15, 0.2) is 36.4 Å². The molecule has 0 aliphatic heterocycles. The normalized spacial score (nSPS) is 12.2. The standard InChI is InChI=1S/C16H14F6N2/c1-23-13-5-3-9(7-11(13)15(17,18)19)10-4-6-14(24-2)12(8-10)16(20,21)22/h3-8,23-24H,1-2H3.